The number of amides is 1. The van der Waals surface area contributed by atoms with Crippen molar-refractivity contribution in [2.75, 3.05) is 25.7 Å². The van der Waals surface area contributed by atoms with Gasteiger partial charge in [-0.25, -0.2) is 13.8 Å². The van der Waals surface area contributed by atoms with Crippen LogP contribution in [0.25, 0.3) is 0 Å². The molecule has 0 saturated heterocycles. The molecular formula is C22H33F2N3O3. The number of imidazole rings is 1. The van der Waals surface area contributed by atoms with Gasteiger partial charge in [-0.05, 0) is 44.8 Å². The number of allylic oxidation sites excluding steroid dienone is 5. The van der Waals surface area contributed by atoms with Gasteiger partial charge in [0.2, 0.25) is 0 Å². The maximum Gasteiger partial charge on any atom is 0.255 e. The fourth-order valence-electron chi connectivity index (χ4n) is 3.47. The van der Waals surface area contributed by atoms with Crippen LogP contribution in [0.2, 0.25) is 0 Å². The van der Waals surface area contributed by atoms with E-state index in [-0.39, 0.29) is 17.9 Å². The van der Waals surface area contributed by atoms with Crippen molar-refractivity contribution < 1.29 is 23.8 Å². The molecule has 0 saturated carbocycles. The van der Waals surface area contributed by atoms with Crippen molar-refractivity contribution >= 4 is 11.7 Å². The average Bonchev–Trinajstić information content (AvgIpc) is 3.01. The highest BCUT2D eigenvalue weighted by atomic mass is 19.2. The second-order valence-corrected chi connectivity index (χ2v) is 6.83. The van der Waals surface area contributed by atoms with Gasteiger partial charge in [-0.2, -0.15) is 0 Å². The molecule has 1 aliphatic heterocycles. The number of nitrogens with zero attached hydrogens (tertiary/aromatic N) is 3. The predicted molar refractivity (Wildman–Crippen MR) is 115 cm³/mol. The Bertz CT molecular complexity index is 798. The number of aromatic nitrogens is 2. The van der Waals surface area contributed by atoms with E-state index in [1.54, 1.807) is 4.90 Å². The molecule has 0 radical (unpaired) electrons. The van der Waals surface area contributed by atoms with Crippen LogP contribution in [0.5, 0.6) is 0 Å². The summed E-state index contributed by atoms with van der Waals surface area (Å²) in [6.45, 7) is 5.46. The van der Waals surface area contributed by atoms with Crippen molar-refractivity contribution in [3.05, 3.63) is 47.0 Å². The summed E-state index contributed by atoms with van der Waals surface area (Å²) in [6.07, 6.45) is 8.64. The minimum atomic E-state index is -1.00. The third-order valence-electron chi connectivity index (χ3n) is 4.95. The standard InChI is InChI=1S/C20H25F2N3O.2CH4O/c1-3-4-11-25(19-14(2)24-12-6-5-10-18(24)23-19)20(26)15-8-7-9-16(21)17(22)13-15;2*1-2/h7,9,13H,3-6,8,10-12H2,1-2H3;2*2H,1H3. The Morgan fingerprint density at radius 3 is 2.53 bits per heavy atom. The van der Waals surface area contributed by atoms with E-state index in [1.165, 1.54) is 6.08 Å². The summed E-state index contributed by atoms with van der Waals surface area (Å²) in [7, 11) is 2.00. The van der Waals surface area contributed by atoms with Crippen LogP contribution in [-0.2, 0) is 17.8 Å². The molecule has 1 amide bonds. The number of anilines is 1. The molecule has 0 spiro atoms. The summed E-state index contributed by atoms with van der Waals surface area (Å²) in [5, 5.41) is 14.0. The van der Waals surface area contributed by atoms with Gasteiger partial charge >= 0.3 is 0 Å². The number of carbonyl (C=O) groups excluding carboxylic acids is 1. The number of unbranched alkanes of at least 4 members (excludes halogenated alkanes) is 1. The number of carbonyl (C=O) groups is 1. The lowest BCUT2D eigenvalue weighted by atomic mass is 10.1. The zero-order valence-corrected chi connectivity index (χ0v) is 18.3. The van der Waals surface area contributed by atoms with Crippen molar-refractivity contribution in [2.24, 2.45) is 0 Å². The smallest absolute Gasteiger partial charge is 0.255 e. The van der Waals surface area contributed by atoms with Crippen molar-refractivity contribution in [1.29, 1.82) is 0 Å². The minimum absolute atomic E-state index is 0.203. The fourth-order valence-corrected chi connectivity index (χ4v) is 3.47. The van der Waals surface area contributed by atoms with Crippen LogP contribution in [-0.4, -0.2) is 46.4 Å². The van der Waals surface area contributed by atoms with Gasteiger partial charge in [-0.1, -0.05) is 19.4 Å². The van der Waals surface area contributed by atoms with Gasteiger partial charge in [0.05, 0.1) is 5.69 Å². The van der Waals surface area contributed by atoms with Gasteiger partial charge < -0.3 is 14.8 Å². The molecule has 0 bridgehead atoms. The summed E-state index contributed by atoms with van der Waals surface area (Å²) in [5.74, 6) is -0.587. The molecule has 0 unspecified atom stereocenters. The first-order chi connectivity index (χ1) is 14.5. The van der Waals surface area contributed by atoms with Crippen molar-refractivity contribution in [2.45, 2.75) is 58.9 Å². The molecule has 8 heteroatoms. The Morgan fingerprint density at radius 1 is 1.20 bits per heavy atom. The van der Waals surface area contributed by atoms with Crippen molar-refractivity contribution in [1.82, 2.24) is 9.55 Å². The second kappa shape index (κ2) is 13.1. The van der Waals surface area contributed by atoms with E-state index < -0.39 is 11.7 Å². The molecule has 1 aromatic rings. The van der Waals surface area contributed by atoms with Crippen LogP contribution >= 0.6 is 0 Å². The third kappa shape index (κ3) is 6.09. The molecule has 2 N–H and O–H groups in total. The Hall–Kier alpha value is -2.32. The molecule has 3 rings (SSSR count). The predicted octanol–water partition coefficient (Wildman–Crippen LogP) is 3.91. The van der Waals surface area contributed by atoms with Crippen LogP contribution in [0, 0.1) is 6.92 Å². The van der Waals surface area contributed by atoms with Crippen LogP contribution < -0.4 is 4.90 Å². The maximum absolute atomic E-state index is 13.8. The van der Waals surface area contributed by atoms with E-state index in [0.717, 1.165) is 76.5 Å². The first-order valence-corrected chi connectivity index (χ1v) is 10.2. The monoisotopic (exact) mass is 425 g/mol. The first kappa shape index (κ1) is 25.7. The number of aliphatic hydroxyl groups excluding tert-OH is 2. The van der Waals surface area contributed by atoms with Gasteiger partial charge in [0.15, 0.2) is 17.5 Å². The quantitative estimate of drug-likeness (QED) is 0.750. The zero-order chi connectivity index (χ0) is 22.7. The summed E-state index contributed by atoms with van der Waals surface area (Å²) in [6, 6.07) is 0. The number of rotatable bonds is 5. The topological polar surface area (TPSA) is 78.6 Å². The molecular weight excluding hydrogens is 392 g/mol. The highest BCUT2D eigenvalue weighted by Crippen LogP contribution is 2.28. The summed E-state index contributed by atoms with van der Waals surface area (Å²) >= 11 is 0. The molecule has 0 atom stereocenters. The Morgan fingerprint density at radius 2 is 1.90 bits per heavy atom. The molecule has 0 fully saturated rings. The summed E-state index contributed by atoms with van der Waals surface area (Å²) in [5.41, 5.74) is 1.21. The Kier molecular flexibility index (Phi) is 11.2. The lowest BCUT2D eigenvalue weighted by molar-refractivity contribution is -0.115. The second-order valence-electron chi connectivity index (χ2n) is 6.83. The van der Waals surface area contributed by atoms with E-state index in [4.69, 9.17) is 15.2 Å². The van der Waals surface area contributed by atoms with Crippen LogP contribution in [0.4, 0.5) is 14.6 Å². The van der Waals surface area contributed by atoms with Gasteiger partial charge in [0, 0.05) is 39.3 Å². The molecule has 2 aliphatic rings. The molecule has 0 aromatic carbocycles. The average molecular weight is 426 g/mol. The first-order valence-electron chi connectivity index (χ1n) is 10.2. The summed E-state index contributed by atoms with van der Waals surface area (Å²) in [4.78, 5) is 19.5. The summed E-state index contributed by atoms with van der Waals surface area (Å²) < 4.78 is 29.4. The number of fused-ring (bicyclic) bond motifs is 1. The SMILES string of the molecule is CCCCN(C(=O)C1=CC(F)=C(F)C=CC1)c1nc2n(c1C)CCCC2.CO.CO. The third-order valence-corrected chi connectivity index (χ3v) is 4.95. The van der Waals surface area contributed by atoms with Crippen LogP contribution in [0.1, 0.15) is 50.5 Å². The number of halogens is 2. The highest BCUT2D eigenvalue weighted by Gasteiger charge is 2.27. The van der Waals surface area contributed by atoms with E-state index in [9.17, 15) is 13.6 Å². The van der Waals surface area contributed by atoms with Crippen LogP contribution in [0.3, 0.4) is 0 Å². The van der Waals surface area contributed by atoms with E-state index >= 15 is 0 Å². The number of hydrogen-bond donors (Lipinski definition) is 2. The van der Waals surface area contributed by atoms with Gasteiger partial charge in [-0.3, -0.25) is 9.69 Å². The largest absolute Gasteiger partial charge is 0.400 e. The number of hydrogen-bond acceptors (Lipinski definition) is 4. The molecule has 6 nitrogen and oxygen atoms in total. The van der Waals surface area contributed by atoms with Crippen LogP contribution in [0.15, 0.2) is 35.5 Å². The number of aryl methyl sites for hydroxylation is 1. The van der Waals surface area contributed by atoms with Gasteiger partial charge in [-0.15, -0.1) is 0 Å². The molecule has 30 heavy (non-hydrogen) atoms. The lowest BCUT2D eigenvalue weighted by Crippen LogP contribution is -2.34. The van der Waals surface area contributed by atoms with E-state index in [0.29, 0.717) is 12.4 Å². The zero-order valence-electron chi connectivity index (χ0n) is 18.3. The van der Waals surface area contributed by atoms with Gasteiger partial charge in [0.1, 0.15) is 5.82 Å². The normalized spacial score (nSPS) is 15.1. The Labute approximate surface area is 177 Å². The van der Waals surface area contributed by atoms with Crippen molar-refractivity contribution in [3.63, 3.8) is 0 Å². The molecule has 1 aromatic heterocycles. The molecule has 1 aliphatic carbocycles. The van der Waals surface area contributed by atoms with Crippen molar-refractivity contribution in [3.8, 4) is 0 Å². The maximum atomic E-state index is 13.8. The highest BCUT2D eigenvalue weighted by molar-refractivity contribution is 6.06. The molecule has 2 heterocycles. The fraction of sp³-hybridized carbons (Fsp3) is 0.545. The molecule has 168 valence electrons. The lowest BCUT2D eigenvalue weighted by Gasteiger charge is -2.22. The minimum Gasteiger partial charge on any atom is -0.400 e. The van der Waals surface area contributed by atoms with E-state index in [1.807, 2.05) is 6.92 Å². The number of aliphatic hydroxyl groups is 2. The van der Waals surface area contributed by atoms with Gasteiger partial charge in [0.25, 0.3) is 5.91 Å². The Balaban J connectivity index is 0.00000106. The van der Waals surface area contributed by atoms with E-state index in [2.05, 4.69) is 11.5 Å².